The highest BCUT2D eigenvalue weighted by Gasteiger charge is 2.21. The van der Waals surface area contributed by atoms with E-state index < -0.39 is 9.84 Å². The van der Waals surface area contributed by atoms with E-state index in [0.29, 0.717) is 12.3 Å². The van der Waals surface area contributed by atoms with Crippen LogP contribution in [0.5, 0.6) is 0 Å². The molecule has 4 rings (SSSR count). The molecular formula is C25H24N2O2S2. The lowest BCUT2D eigenvalue weighted by atomic mass is 10.0. The van der Waals surface area contributed by atoms with Crippen molar-refractivity contribution < 1.29 is 8.42 Å². The Bertz CT molecular complexity index is 1240. The lowest BCUT2D eigenvalue weighted by molar-refractivity contribution is 0.603. The molecule has 0 radical (unpaired) electrons. The first kappa shape index (κ1) is 21.4. The smallest absolute Gasteiger partial charge is 0.169 e. The maximum Gasteiger partial charge on any atom is 0.169 e. The molecule has 0 amide bonds. The van der Waals surface area contributed by atoms with Crippen LogP contribution in [0.1, 0.15) is 5.56 Å². The fourth-order valence-electron chi connectivity index (χ4n) is 3.43. The van der Waals surface area contributed by atoms with Crippen molar-refractivity contribution in [1.82, 2.24) is 9.55 Å². The molecule has 0 atom stereocenters. The average molecular weight is 449 g/mol. The SMILES string of the molecule is CS(=O)(=O)CCSc1nc(-c2ccccc2)c(-c2ccccc2)n1Cc1ccccc1. The number of nitrogens with zero attached hydrogens (tertiary/aromatic N) is 2. The second-order valence-electron chi connectivity index (χ2n) is 7.37. The molecule has 0 fully saturated rings. The van der Waals surface area contributed by atoms with Crippen LogP contribution in [0.15, 0.2) is 96.2 Å². The number of sulfone groups is 1. The van der Waals surface area contributed by atoms with Crippen LogP contribution in [0.3, 0.4) is 0 Å². The minimum Gasteiger partial charge on any atom is -0.314 e. The molecule has 0 aliphatic heterocycles. The number of imidazole rings is 1. The van der Waals surface area contributed by atoms with Gasteiger partial charge >= 0.3 is 0 Å². The van der Waals surface area contributed by atoms with Gasteiger partial charge in [0.1, 0.15) is 9.84 Å². The minimum absolute atomic E-state index is 0.122. The molecule has 1 heterocycles. The third kappa shape index (κ3) is 5.46. The van der Waals surface area contributed by atoms with Gasteiger partial charge in [-0.25, -0.2) is 13.4 Å². The van der Waals surface area contributed by atoms with Crippen molar-refractivity contribution in [2.45, 2.75) is 11.7 Å². The Balaban J connectivity index is 1.86. The standard InChI is InChI=1S/C25H24N2O2S2/c1-31(28,29)18-17-30-25-26-23(21-13-7-3-8-14-21)24(22-15-9-4-10-16-22)27(25)19-20-11-5-2-6-12-20/h2-16H,17-19H2,1H3. The predicted octanol–water partition coefficient (Wildman–Crippen LogP) is 5.40. The summed E-state index contributed by atoms with van der Waals surface area (Å²) in [6.45, 7) is 0.659. The number of hydrogen-bond donors (Lipinski definition) is 0. The molecule has 1 aromatic heterocycles. The number of rotatable bonds is 8. The summed E-state index contributed by atoms with van der Waals surface area (Å²) in [5, 5.41) is 0.824. The Morgan fingerprint density at radius 1 is 0.806 bits per heavy atom. The van der Waals surface area contributed by atoms with E-state index >= 15 is 0 Å². The lowest BCUT2D eigenvalue weighted by Crippen LogP contribution is -2.07. The van der Waals surface area contributed by atoms with Crippen molar-refractivity contribution in [2.75, 3.05) is 17.8 Å². The van der Waals surface area contributed by atoms with Gasteiger partial charge in [0.25, 0.3) is 0 Å². The first-order chi connectivity index (χ1) is 15.0. The summed E-state index contributed by atoms with van der Waals surface area (Å²) in [6.07, 6.45) is 1.27. The zero-order chi connectivity index (χ0) is 21.7. The fraction of sp³-hybridized carbons (Fsp3) is 0.160. The summed E-state index contributed by atoms with van der Waals surface area (Å²) in [5.41, 5.74) is 5.24. The van der Waals surface area contributed by atoms with Crippen LogP contribution in [-0.2, 0) is 16.4 Å². The van der Waals surface area contributed by atoms with Crippen LogP contribution >= 0.6 is 11.8 Å². The van der Waals surface area contributed by atoms with Crippen molar-refractivity contribution >= 4 is 21.6 Å². The summed E-state index contributed by atoms with van der Waals surface area (Å²) < 4.78 is 25.6. The molecule has 0 unspecified atom stereocenters. The summed E-state index contributed by atoms with van der Waals surface area (Å²) >= 11 is 1.49. The fourth-order valence-corrected chi connectivity index (χ4v) is 5.62. The van der Waals surface area contributed by atoms with Crippen LogP contribution < -0.4 is 0 Å². The molecule has 31 heavy (non-hydrogen) atoms. The van der Waals surface area contributed by atoms with Crippen LogP contribution in [-0.4, -0.2) is 35.7 Å². The van der Waals surface area contributed by atoms with E-state index in [-0.39, 0.29) is 5.75 Å². The van der Waals surface area contributed by atoms with E-state index in [4.69, 9.17) is 4.98 Å². The van der Waals surface area contributed by atoms with E-state index in [1.165, 1.54) is 23.6 Å². The molecule has 0 saturated carbocycles. The van der Waals surface area contributed by atoms with Crippen molar-refractivity contribution in [2.24, 2.45) is 0 Å². The van der Waals surface area contributed by atoms with E-state index in [9.17, 15) is 8.42 Å². The minimum atomic E-state index is -3.03. The largest absolute Gasteiger partial charge is 0.314 e. The summed E-state index contributed by atoms with van der Waals surface area (Å²) in [4.78, 5) is 5.00. The Morgan fingerprint density at radius 2 is 1.35 bits per heavy atom. The second-order valence-corrected chi connectivity index (χ2v) is 10.7. The monoisotopic (exact) mass is 448 g/mol. The molecule has 0 N–H and O–H groups in total. The normalized spacial score (nSPS) is 11.5. The molecule has 0 aliphatic rings. The summed E-state index contributed by atoms with van der Waals surface area (Å²) in [6, 6.07) is 30.7. The average Bonchev–Trinajstić information content (AvgIpc) is 3.13. The molecule has 0 spiro atoms. The quantitative estimate of drug-likeness (QED) is 0.339. The van der Waals surface area contributed by atoms with Gasteiger partial charge < -0.3 is 4.57 Å². The highest BCUT2D eigenvalue weighted by Crippen LogP contribution is 2.36. The van der Waals surface area contributed by atoms with Gasteiger partial charge in [0.05, 0.1) is 23.7 Å². The number of hydrogen-bond acceptors (Lipinski definition) is 4. The van der Waals surface area contributed by atoms with Crippen molar-refractivity contribution in [1.29, 1.82) is 0 Å². The highest BCUT2D eigenvalue weighted by molar-refractivity contribution is 8.00. The molecule has 4 aromatic rings. The van der Waals surface area contributed by atoms with Gasteiger partial charge in [0.2, 0.25) is 0 Å². The van der Waals surface area contributed by atoms with Gasteiger partial charge in [-0.2, -0.15) is 0 Å². The molecule has 6 heteroatoms. The zero-order valence-corrected chi connectivity index (χ0v) is 18.9. The number of benzene rings is 3. The van der Waals surface area contributed by atoms with Crippen molar-refractivity contribution in [3.8, 4) is 22.5 Å². The predicted molar refractivity (Wildman–Crippen MR) is 129 cm³/mol. The highest BCUT2D eigenvalue weighted by atomic mass is 32.2. The zero-order valence-electron chi connectivity index (χ0n) is 17.3. The van der Waals surface area contributed by atoms with Crippen molar-refractivity contribution in [3.63, 3.8) is 0 Å². The van der Waals surface area contributed by atoms with Crippen LogP contribution in [0, 0.1) is 0 Å². The molecular weight excluding hydrogens is 424 g/mol. The molecule has 158 valence electrons. The van der Waals surface area contributed by atoms with E-state index in [1.54, 1.807) is 0 Å². The second kappa shape index (κ2) is 9.54. The summed E-state index contributed by atoms with van der Waals surface area (Å²) in [5.74, 6) is 0.588. The Kier molecular flexibility index (Phi) is 6.59. The Hall–Kier alpha value is -2.83. The first-order valence-corrected chi connectivity index (χ1v) is 13.1. The Labute approximate surface area is 187 Å². The molecule has 0 saturated heterocycles. The van der Waals surface area contributed by atoms with Crippen LogP contribution in [0.4, 0.5) is 0 Å². The van der Waals surface area contributed by atoms with E-state index in [0.717, 1.165) is 27.7 Å². The number of thioether (sulfide) groups is 1. The van der Waals surface area contributed by atoms with Crippen molar-refractivity contribution in [3.05, 3.63) is 96.6 Å². The maximum absolute atomic E-state index is 11.7. The molecule has 0 aliphatic carbocycles. The first-order valence-electron chi connectivity index (χ1n) is 10.1. The summed E-state index contributed by atoms with van der Waals surface area (Å²) in [7, 11) is -3.03. The van der Waals surface area contributed by atoms with Crippen LogP contribution in [0.2, 0.25) is 0 Å². The van der Waals surface area contributed by atoms with E-state index in [1.807, 2.05) is 54.6 Å². The number of aromatic nitrogens is 2. The Morgan fingerprint density at radius 3 is 1.94 bits per heavy atom. The molecule has 4 nitrogen and oxygen atoms in total. The van der Waals surface area contributed by atoms with Gasteiger partial charge in [0, 0.05) is 23.1 Å². The van der Waals surface area contributed by atoms with E-state index in [2.05, 4.69) is 41.0 Å². The van der Waals surface area contributed by atoms with Gasteiger partial charge in [0.15, 0.2) is 5.16 Å². The van der Waals surface area contributed by atoms with Gasteiger partial charge in [-0.3, -0.25) is 0 Å². The third-order valence-corrected chi connectivity index (χ3v) is 7.08. The van der Waals surface area contributed by atoms with Gasteiger partial charge in [-0.15, -0.1) is 0 Å². The van der Waals surface area contributed by atoms with Crippen LogP contribution in [0.25, 0.3) is 22.5 Å². The van der Waals surface area contributed by atoms with Gasteiger partial charge in [-0.05, 0) is 5.56 Å². The lowest BCUT2D eigenvalue weighted by Gasteiger charge is -2.13. The maximum atomic E-state index is 11.7. The topological polar surface area (TPSA) is 52.0 Å². The van der Waals surface area contributed by atoms with Gasteiger partial charge in [-0.1, -0.05) is 103 Å². The molecule has 3 aromatic carbocycles. The third-order valence-electron chi connectivity index (χ3n) is 4.90. The molecule has 0 bridgehead atoms.